The predicted molar refractivity (Wildman–Crippen MR) is 188 cm³/mol. The van der Waals surface area contributed by atoms with Crippen LogP contribution in [0.3, 0.4) is 0 Å². The van der Waals surface area contributed by atoms with E-state index in [1.54, 1.807) is 0 Å². The highest BCUT2D eigenvalue weighted by molar-refractivity contribution is 5.80. The van der Waals surface area contributed by atoms with Gasteiger partial charge in [0.25, 0.3) is 0 Å². The highest BCUT2D eigenvalue weighted by atomic mass is 16.2. The monoisotopic (exact) mass is 620 g/mol. The van der Waals surface area contributed by atoms with E-state index in [0.717, 1.165) is 25.7 Å². The smallest absolute Gasteiger partial charge is 0.239 e. The van der Waals surface area contributed by atoms with Gasteiger partial charge in [-0.15, -0.1) is 0 Å². The largest absolute Gasteiger partial charge is 0.357 e. The third-order valence-electron chi connectivity index (χ3n) is 4.80. The Bertz CT molecular complexity index is 864. The number of benzene rings is 2. The van der Waals surface area contributed by atoms with Crippen molar-refractivity contribution in [3.05, 3.63) is 71.8 Å². The molecule has 0 saturated heterocycles. The number of rotatable bonds is 12. The zero-order chi connectivity index (χ0) is 35.2. The fraction of sp³-hybridized carbons (Fsp3) is 0.543. The summed E-state index contributed by atoms with van der Waals surface area (Å²) in [5, 5.41) is 10.4. The summed E-state index contributed by atoms with van der Waals surface area (Å²) in [5.41, 5.74) is 6.98. The number of amides is 4. The third kappa shape index (κ3) is 42.7. The normalized spacial score (nSPS) is 9.41. The lowest BCUT2D eigenvalue weighted by Gasteiger charge is -2.22. The summed E-state index contributed by atoms with van der Waals surface area (Å²) >= 11 is 0. The summed E-state index contributed by atoms with van der Waals surface area (Å²) in [5.74, 6) is -0.171. The van der Waals surface area contributed by atoms with E-state index < -0.39 is 0 Å². The van der Waals surface area contributed by atoms with Crippen molar-refractivity contribution < 1.29 is 19.2 Å². The Morgan fingerprint density at radius 3 is 1.61 bits per heavy atom. The van der Waals surface area contributed by atoms with Crippen LogP contribution in [0, 0.1) is 6.92 Å². The van der Waals surface area contributed by atoms with Gasteiger partial charge in [0.05, 0.1) is 6.54 Å². The topological polar surface area (TPSA) is 142 Å². The molecule has 2 aromatic rings. The molecule has 0 aliphatic heterocycles. The minimum atomic E-state index is -0.171. The number of hydrogen-bond donors (Lipinski definition) is 5. The SMILES string of the molecule is CC.CC.CC(C)NC=O.CC(Cc1ccccc1)NC(=O)CNC=O.CCCC(C)(C)NC=O.CN.Cc1ccccc1. The molecule has 0 spiro atoms. The fourth-order valence-corrected chi connectivity index (χ4v) is 3.01. The minimum Gasteiger partial charge on any atom is -0.357 e. The first kappa shape index (κ1) is 49.9. The zero-order valence-electron chi connectivity index (χ0n) is 29.7. The van der Waals surface area contributed by atoms with Gasteiger partial charge in [-0.25, -0.2) is 0 Å². The van der Waals surface area contributed by atoms with E-state index >= 15 is 0 Å². The molecular formula is C35H65N5O4. The Morgan fingerprint density at radius 1 is 0.818 bits per heavy atom. The summed E-state index contributed by atoms with van der Waals surface area (Å²) in [7, 11) is 1.50. The molecule has 0 aliphatic rings. The first-order chi connectivity index (χ1) is 21.0. The van der Waals surface area contributed by atoms with Crippen molar-refractivity contribution in [2.45, 2.75) is 113 Å². The van der Waals surface area contributed by atoms with Crippen LogP contribution < -0.4 is 27.0 Å². The standard InChI is InChI=1S/C12H16N2O2.C7H15NO.C7H8.C4H9NO.2C2H6.CH5N/c1-10(14-12(16)8-13-9-15)7-11-5-3-2-4-6-11;1-4-5-7(2,3)8-6-9;1-7-5-3-2-4-6-7;1-4(2)5-3-6;3*1-2/h2-6,9-10H,7-8H2,1H3,(H,13,15)(H,14,16);6H,4-5H2,1-3H3,(H,8,9);2-6H,1H3;3-4H,1-2H3,(H,5,6);2*1-2H3;2H2,1H3. The maximum Gasteiger partial charge on any atom is 0.239 e. The Balaban J connectivity index is -0.000000155. The van der Waals surface area contributed by atoms with Crippen LogP contribution in [-0.4, -0.2) is 56.4 Å². The second-order valence-electron chi connectivity index (χ2n) is 9.65. The van der Waals surface area contributed by atoms with Crippen LogP contribution in [0.4, 0.5) is 0 Å². The third-order valence-corrected chi connectivity index (χ3v) is 4.80. The van der Waals surface area contributed by atoms with Crippen LogP contribution in [0.15, 0.2) is 60.7 Å². The van der Waals surface area contributed by atoms with E-state index in [2.05, 4.69) is 53.0 Å². The van der Waals surface area contributed by atoms with Gasteiger partial charge in [0.2, 0.25) is 25.1 Å². The molecule has 2 rings (SSSR count). The van der Waals surface area contributed by atoms with Crippen LogP contribution in [0.1, 0.15) is 93.2 Å². The average Bonchev–Trinajstić information content (AvgIpc) is 3.01. The molecule has 6 N–H and O–H groups in total. The molecule has 0 bridgehead atoms. The summed E-state index contributed by atoms with van der Waals surface area (Å²) < 4.78 is 0. The van der Waals surface area contributed by atoms with Crippen molar-refractivity contribution in [1.29, 1.82) is 0 Å². The molecule has 0 saturated carbocycles. The second kappa shape index (κ2) is 39.3. The van der Waals surface area contributed by atoms with Gasteiger partial charge in [-0.1, -0.05) is 107 Å². The van der Waals surface area contributed by atoms with Gasteiger partial charge < -0.3 is 27.0 Å². The number of hydrogen-bond acceptors (Lipinski definition) is 5. The van der Waals surface area contributed by atoms with Crippen LogP contribution >= 0.6 is 0 Å². The van der Waals surface area contributed by atoms with Gasteiger partial charge >= 0.3 is 0 Å². The van der Waals surface area contributed by atoms with Crippen molar-refractivity contribution in [2.24, 2.45) is 5.73 Å². The lowest BCUT2D eigenvalue weighted by Crippen LogP contribution is -2.39. The van der Waals surface area contributed by atoms with Gasteiger partial charge in [-0.3, -0.25) is 19.2 Å². The van der Waals surface area contributed by atoms with Crippen LogP contribution in [0.5, 0.6) is 0 Å². The summed E-state index contributed by atoms with van der Waals surface area (Å²) in [6.45, 7) is 22.0. The van der Waals surface area contributed by atoms with Gasteiger partial charge in [0, 0.05) is 17.6 Å². The first-order valence-electron chi connectivity index (χ1n) is 15.5. The fourth-order valence-electron chi connectivity index (χ4n) is 3.01. The molecule has 9 heteroatoms. The summed E-state index contributed by atoms with van der Waals surface area (Å²) in [6, 6.07) is 20.5. The first-order valence-corrected chi connectivity index (χ1v) is 15.5. The van der Waals surface area contributed by atoms with Crippen molar-refractivity contribution in [1.82, 2.24) is 21.3 Å². The van der Waals surface area contributed by atoms with E-state index in [4.69, 9.17) is 0 Å². The second-order valence-corrected chi connectivity index (χ2v) is 9.65. The molecule has 0 heterocycles. The van der Waals surface area contributed by atoms with Crippen LogP contribution in [0.2, 0.25) is 0 Å². The lowest BCUT2D eigenvalue weighted by atomic mass is 10.00. The summed E-state index contributed by atoms with van der Waals surface area (Å²) in [4.78, 5) is 40.8. The number of carbonyl (C=O) groups is 4. The summed E-state index contributed by atoms with van der Waals surface area (Å²) in [6.07, 6.45) is 4.90. The van der Waals surface area contributed by atoms with Crippen molar-refractivity contribution in [3.8, 4) is 0 Å². The van der Waals surface area contributed by atoms with E-state index in [-0.39, 0.29) is 30.1 Å². The van der Waals surface area contributed by atoms with E-state index in [0.29, 0.717) is 12.8 Å². The molecule has 254 valence electrons. The molecule has 4 amide bonds. The number of nitrogens with two attached hydrogens (primary N) is 1. The van der Waals surface area contributed by atoms with E-state index in [1.807, 2.05) is 111 Å². The van der Waals surface area contributed by atoms with E-state index in [9.17, 15) is 19.2 Å². The highest BCUT2D eigenvalue weighted by Gasteiger charge is 2.13. The van der Waals surface area contributed by atoms with Gasteiger partial charge in [0.1, 0.15) is 0 Å². The molecule has 2 aromatic carbocycles. The number of aryl methyl sites for hydroxylation is 1. The highest BCUT2D eigenvalue weighted by Crippen LogP contribution is 2.08. The van der Waals surface area contributed by atoms with Gasteiger partial charge in [-0.05, 0) is 67.0 Å². The Labute approximate surface area is 269 Å². The lowest BCUT2D eigenvalue weighted by molar-refractivity contribution is -0.122. The molecule has 0 radical (unpaired) electrons. The molecule has 0 fully saturated rings. The van der Waals surface area contributed by atoms with Crippen molar-refractivity contribution in [2.75, 3.05) is 13.6 Å². The molecule has 44 heavy (non-hydrogen) atoms. The van der Waals surface area contributed by atoms with Crippen molar-refractivity contribution >= 4 is 25.1 Å². The Kier molecular flexibility index (Phi) is 44.6. The Hall–Kier alpha value is -3.72. The zero-order valence-corrected chi connectivity index (χ0v) is 29.7. The molecule has 0 aliphatic carbocycles. The molecule has 9 nitrogen and oxygen atoms in total. The quantitative estimate of drug-likeness (QED) is 0.198. The predicted octanol–water partition coefficient (Wildman–Crippen LogP) is 5.55. The average molecular weight is 620 g/mol. The Morgan fingerprint density at radius 2 is 1.30 bits per heavy atom. The molecular weight excluding hydrogens is 554 g/mol. The van der Waals surface area contributed by atoms with Crippen molar-refractivity contribution in [3.63, 3.8) is 0 Å². The van der Waals surface area contributed by atoms with E-state index in [1.165, 1.54) is 18.2 Å². The molecule has 0 aromatic heterocycles. The number of nitrogens with one attached hydrogen (secondary N) is 4. The number of carbonyl (C=O) groups excluding carboxylic acids is 4. The maximum atomic E-state index is 11.3. The van der Waals surface area contributed by atoms with Gasteiger partial charge in [0.15, 0.2) is 0 Å². The van der Waals surface area contributed by atoms with Crippen LogP contribution in [0.25, 0.3) is 0 Å². The van der Waals surface area contributed by atoms with Gasteiger partial charge in [-0.2, -0.15) is 0 Å². The maximum absolute atomic E-state index is 11.3. The molecule has 1 unspecified atom stereocenters. The van der Waals surface area contributed by atoms with Crippen LogP contribution in [-0.2, 0) is 25.6 Å². The molecule has 1 atom stereocenters. The minimum absolute atomic E-state index is 0.0174.